The Hall–Kier alpha value is -4.66. The number of para-hydroxylation sites is 1. The second kappa shape index (κ2) is 7.69. The van der Waals surface area contributed by atoms with Crippen molar-refractivity contribution in [1.82, 2.24) is 5.01 Å². The Labute approximate surface area is 199 Å². The number of benzene rings is 3. The van der Waals surface area contributed by atoms with E-state index in [1.807, 2.05) is 24.3 Å². The van der Waals surface area contributed by atoms with E-state index in [0.29, 0.717) is 5.69 Å². The molecule has 9 nitrogen and oxygen atoms in total. The first-order chi connectivity index (χ1) is 17.0. The number of ketones is 1. The molecule has 2 amide bonds. The number of Topliss-reactive ketones (excluding diaryl/α,β-unsaturated/α-hetero) is 1. The lowest BCUT2D eigenvalue weighted by molar-refractivity contribution is -0.384. The maximum absolute atomic E-state index is 13.8. The molecule has 3 aliphatic heterocycles. The molecular formula is C26H18N4O5. The molecule has 0 bridgehead atoms. The number of non-ortho nitro benzene ring substituents is 1. The van der Waals surface area contributed by atoms with Crippen LogP contribution in [0.5, 0.6) is 0 Å². The van der Waals surface area contributed by atoms with Gasteiger partial charge in [0.2, 0.25) is 11.8 Å². The number of carbonyl (C=O) groups excluding carboxylic acids is 3. The Morgan fingerprint density at radius 3 is 2.23 bits per heavy atom. The summed E-state index contributed by atoms with van der Waals surface area (Å²) >= 11 is 0. The smallest absolute Gasteiger partial charge is 0.269 e. The summed E-state index contributed by atoms with van der Waals surface area (Å²) in [5, 5.41) is 17.1. The number of hydrogen-bond donors (Lipinski definition) is 0. The minimum absolute atomic E-state index is 0.143. The van der Waals surface area contributed by atoms with Crippen LogP contribution in [0.4, 0.5) is 11.4 Å². The van der Waals surface area contributed by atoms with Crippen molar-refractivity contribution in [1.29, 1.82) is 0 Å². The summed E-state index contributed by atoms with van der Waals surface area (Å²) in [6, 6.07) is 19.8. The molecule has 0 radical (unpaired) electrons. The number of fused-ring (bicyclic) bond motifs is 5. The third-order valence-electron chi connectivity index (χ3n) is 6.94. The molecule has 0 saturated carbocycles. The highest BCUT2D eigenvalue weighted by molar-refractivity contribution is 6.24. The molecule has 4 atom stereocenters. The summed E-state index contributed by atoms with van der Waals surface area (Å²) in [4.78, 5) is 52.9. The summed E-state index contributed by atoms with van der Waals surface area (Å²) in [7, 11) is 0. The number of nitro groups is 1. The van der Waals surface area contributed by atoms with Crippen molar-refractivity contribution in [3.05, 3.63) is 106 Å². The molecule has 2 saturated heterocycles. The van der Waals surface area contributed by atoms with Crippen LogP contribution >= 0.6 is 0 Å². The average Bonchev–Trinajstić information content (AvgIpc) is 3.36. The van der Waals surface area contributed by atoms with Gasteiger partial charge in [-0.1, -0.05) is 42.5 Å². The van der Waals surface area contributed by atoms with Crippen molar-refractivity contribution in [3.8, 4) is 0 Å². The molecule has 0 N–H and O–H groups in total. The van der Waals surface area contributed by atoms with E-state index in [1.165, 1.54) is 29.2 Å². The molecule has 3 aromatic rings. The molecule has 3 aliphatic rings. The number of imide groups is 1. The van der Waals surface area contributed by atoms with Gasteiger partial charge in [0, 0.05) is 17.7 Å². The number of nitrogens with zero attached hydrogens (tertiary/aromatic N) is 4. The van der Waals surface area contributed by atoms with E-state index >= 15 is 0 Å². The van der Waals surface area contributed by atoms with Crippen LogP contribution in [0.3, 0.4) is 0 Å². The molecule has 0 aliphatic carbocycles. The lowest BCUT2D eigenvalue weighted by Gasteiger charge is -2.33. The zero-order valence-corrected chi connectivity index (χ0v) is 18.2. The quantitative estimate of drug-likeness (QED) is 0.252. The Bertz CT molecular complexity index is 1420. The molecular weight excluding hydrogens is 448 g/mol. The molecule has 6 rings (SSSR count). The molecule has 0 aromatic heterocycles. The summed E-state index contributed by atoms with van der Waals surface area (Å²) in [5.41, 5.74) is 2.18. The minimum Gasteiger partial charge on any atom is -0.292 e. The van der Waals surface area contributed by atoms with Crippen molar-refractivity contribution in [2.45, 2.75) is 12.1 Å². The summed E-state index contributed by atoms with van der Waals surface area (Å²) < 4.78 is 0. The molecule has 3 aromatic carbocycles. The van der Waals surface area contributed by atoms with Gasteiger partial charge in [0.15, 0.2) is 5.78 Å². The largest absolute Gasteiger partial charge is 0.292 e. The van der Waals surface area contributed by atoms with Gasteiger partial charge in [0.05, 0.1) is 34.7 Å². The highest BCUT2D eigenvalue weighted by Crippen LogP contribution is 2.53. The summed E-state index contributed by atoms with van der Waals surface area (Å²) in [6.07, 6.45) is 1.63. The molecule has 2 fully saturated rings. The van der Waals surface area contributed by atoms with Crippen molar-refractivity contribution in [2.24, 2.45) is 16.9 Å². The lowest BCUT2D eigenvalue weighted by Crippen LogP contribution is -2.44. The molecule has 172 valence electrons. The molecule has 3 heterocycles. The Balaban J connectivity index is 1.47. The normalized spacial score (nSPS) is 24.2. The van der Waals surface area contributed by atoms with Crippen LogP contribution in [0, 0.1) is 22.0 Å². The van der Waals surface area contributed by atoms with Gasteiger partial charge in [-0.15, -0.1) is 0 Å². The highest BCUT2D eigenvalue weighted by atomic mass is 16.6. The first-order valence-corrected chi connectivity index (χ1v) is 11.1. The zero-order valence-electron chi connectivity index (χ0n) is 18.2. The Morgan fingerprint density at radius 1 is 0.857 bits per heavy atom. The SMILES string of the molecule is O=C(c1ccc([N+](=O)[O-])cc1)[C@@H]1[C@@H]2C(=O)N(c3ccccc3)C(=O)[C@H]2[C@H]2c3ccccc3C=NN12. The van der Waals surface area contributed by atoms with Gasteiger partial charge in [0.1, 0.15) is 6.04 Å². The van der Waals surface area contributed by atoms with E-state index in [0.717, 1.165) is 11.1 Å². The summed E-state index contributed by atoms with van der Waals surface area (Å²) in [6.45, 7) is 0. The maximum atomic E-state index is 13.8. The monoisotopic (exact) mass is 466 g/mol. The lowest BCUT2D eigenvalue weighted by atomic mass is 9.83. The number of nitro benzene ring substituents is 1. The number of carbonyl (C=O) groups is 3. The third kappa shape index (κ3) is 3.01. The molecule has 0 spiro atoms. The minimum atomic E-state index is -1.03. The fraction of sp³-hybridized carbons (Fsp3) is 0.154. The van der Waals surface area contributed by atoms with Crippen molar-refractivity contribution in [3.63, 3.8) is 0 Å². The predicted molar refractivity (Wildman–Crippen MR) is 126 cm³/mol. The van der Waals surface area contributed by atoms with Crippen molar-refractivity contribution in [2.75, 3.05) is 4.90 Å². The van der Waals surface area contributed by atoms with Gasteiger partial charge in [-0.25, -0.2) is 4.90 Å². The maximum Gasteiger partial charge on any atom is 0.269 e. The van der Waals surface area contributed by atoms with Gasteiger partial charge in [-0.2, -0.15) is 5.10 Å². The van der Waals surface area contributed by atoms with E-state index in [2.05, 4.69) is 5.10 Å². The Morgan fingerprint density at radius 2 is 1.51 bits per heavy atom. The van der Waals surface area contributed by atoms with Gasteiger partial charge >= 0.3 is 0 Å². The van der Waals surface area contributed by atoms with Crippen LogP contribution in [-0.4, -0.2) is 39.8 Å². The van der Waals surface area contributed by atoms with Gasteiger partial charge in [-0.05, 0) is 35.4 Å². The molecule has 9 heteroatoms. The highest BCUT2D eigenvalue weighted by Gasteiger charge is 2.65. The molecule has 35 heavy (non-hydrogen) atoms. The van der Waals surface area contributed by atoms with E-state index in [9.17, 15) is 24.5 Å². The van der Waals surface area contributed by atoms with Gasteiger partial charge in [-0.3, -0.25) is 29.5 Å². The predicted octanol–water partition coefficient (Wildman–Crippen LogP) is 3.36. The third-order valence-corrected chi connectivity index (χ3v) is 6.94. The first kappa shape index (κ1) is 20.9. The first-order valence-electron chi connectivity index (χ1n) is 11.1. The second-order valence-electron chi connectivity index (χ2n) is 8.71. The van der Waals surface area contributed by atoms with Gasteiger partial charge < -0.3 is 0 Å². The fourth-order valence-electron chi connectivity index (χ4n) is 5.42. The number of amides is 2. The number of rotatable bonds is 4. The van der Waals surface area contributed by atoms with Crippen LogP contribution in [0.1, 0.15) is 27.5 Å². The van der Waals surface area contributed by atoms with E-state index in [4.69, 9.17) is 0 Å². The van der Waals surface area contributed by atoms with Crippen LogP contribution in [0.15, 0.2) is 84.0 Å². The standard InChI is InChI=1S/C26H18N4O5/c31-24(15-10-12-18(13-11-15)30(34)35)23-21-20(22-19-9-5-4-6-16(19)14-27-29(22)23)25(32)28(26(21)33)17-7-2-1-3-8-17/h1-14,20-23H/t20-,21-,22-,23+/m1/s1. The number of hydrogen-bond acceptors (Lipinski definition) is 7. The average molecular weight is 466 g/mol. The van der Waals surface area contributed by atoms with Crippen LogP contribution in [0.25, 0.3) is 0 Å². The van der Waals surface area contributed by atoms with Crippen LogP contribution in [-0.2, 0) is 9.59 Å². The summed E-state index contributed by atoms with van der Waals surface area (Å²) in [5.74, 6) is -2.97. The molecule has 0 unspecified atom stereocenters. The van der Waals surface area contributed by atoms with E-state index in [1.54, 1.807) is 41.6 Å². The van der Waals surface area contributed by atoms with Crippen LogP contribution in [0.2, 0.25) is 0 Å². The number of anilines is 1. The zero-order chi connectivity index (χ0) is 24.3. The van der Waals surface area contributed by atoms with E-state index < -0.39 is 40.5 Å². The van der Waals surface area contributed by atoms with Crippen molar-refractivity contribution >= 4 is 35.2 Å². The van der Waals surface area contributed by atoms with Gasteiger partial charge in [0.25, 0.3) is 5.69 Å². The number of hydrazone groups is 1. The fourth-order valence-corrected chi connectivity index (χ4v) is 5.42. The second-order valence-corrected chi connectivity index (χ2v) is 8.71. The van der Waals surface area contributed by atoms with Crippen molar-refractivity contribution < 1.29 is 19.3 Å². The van der Waals surface area contributed by atoms with Crippen LogP contribution < -0.4 is 4.90 Å². The Kier molecular flexibility index (Phi) is 4.60. The van der Waals surface area contributed by atoms with E-state index in [-0.39, 0.29) is 17.2 Å². The topological polar surface area (TPSA) is 113 Å².